The van der Waals surface area contributed by atoms with Gasteiger partial charge in [-0.15, -0.1) is 0 Å². The average molecular weight is 313 g/mol. The van der Waals surface area contributed by atoms with Gasteiger partial charge in [-0.3, -0.25) is 4.90 Å². The molecule has 1 saturated heterocycles. The first-order chi connectivity index (χ1) is 8.72. The predicted molar refractivity (Wildman–Crippen MR) is 73.3 cm³/mol. The molecule has 98 valence electrons. The molecule has 1 N–H and O–H groups in total. The molecule has 0 aromatic heterocycles. The first kappa shape index (κ1) is 13.5. The number of rotatable bonds is 3. The highest BCUT2D eigenvalue weighted by molar-refractivity contribution is 9.10. The summed E-state index contributed by atoms with van der Waals surface area (Å²) in [7, 11) is 1.44. The Hall–Kier alpha value is -0.910. The van der Waals surface area contributed by atoms with Gasteiger partial charge in [0.1, 0.15) is 6.04 Å². The number of nitrogens with zero attached hydrogens (tertiary/aromatic N) is 1. The van der Waals surface area contributed by atoms with Crippen molar-refractivity contribution in [2.24, 2.45) is 0 Å². The molecule has 0 amide bonds. The van der Waals surface area contributed by atoms with Crippen molar-refractivity contribution in [3.05, 3.63) is 34.3 Å². The van der Waals surface area contributed by atoms with E-state index in [1.807, 2.05) is 24.3 Å². The van der Waals surface area contributed by atoms with Crippen molar-refractivity contribution in [3.8, 4) is 0 Å². The van der Waals surface area contributed by atoms with Gasteiger partial charge in [0.15, 0.2) is 0 Å². The average Bonchev–Trinajstić information content (AvgIpc) is 2.42. The first-order valence-electron chi connectivity index (χ1n) is 6.00. The molecule has 2 rings (SSSR count). The second kappa shape index (κ2) is 6.31. The summed E-state index contributed by atoms with van der Waals surface area (Å²) in [5.41, 5.74) is 0.979. The van der Waals surface area contributed by atoms with Gasteiger partial charge in [-0.2, -0.15) is 0 Å². The van der Waals surface area contributed by atoms with Crippen LogP contribution in [0.4, 0.5) is 0 Å². The third-order valence-electron chi connectivity index (χ3n) is 3.13. The molecule has 1 aliphatic heterocycles. The molecular weight excluding hydrogens is 296 g/mol. The molecule has 1 aromatic rings. The highest BCUT2D eigenvalue weighted by atomic mass is 79.9. The molecule has 0 aliphatic carbocycles. The van der Waals surface area contributed by atoms with E-state index in [9.17, 15) is 4.79 Å². The highest BCUT2D eigenvalue weighted by Crippen LogP contribution is 2.24. The maximum absolute atomic E-state index is 12.0. The fourth-order valence-electron chi connectivity index (χ4n) is 2.19. The molecule has 1 heterocycles. The van der Waals surface area contributed by atoms with Crippen molar-refractivity contribution < 1.29 is 9.53 Å². The topological polar surface area (TPSA) is 41.6 Å². The van der Waals surface area contributed by atoms with Crippen LogP contribution >= 0.6 is 15.9 Å². The van der Waals surface area contributed by atoms with E-state index in [-0.39, 0.29) is 12.0 Å². The summed E-state index contributed by atoms with van der Waals surface area (Å²) in [5.74, 6) is -0.195. The monoisotopic (exact) mass is 312 g/mol. The summed E-state index contributed by atoms with van der Waals surface area (Å²) < 4.78 is 5.95. The molecule has 0 spiro atoms. The zero-order chi connectivity index (χ0) is 13.0. The van der Waals surface area contributed by atoms with Crippen molar-refractivity contribution >= 4 is 21.9 Å². The van der Waals surface area contributed by atoms with Crippen LogP contribution in [0.1, 0.15) is 11.6 Å². The Labute approximate surface area is 115 Å². The Kier molecular flexibility index (Phi) is 4.74. The maximum Gasteiger partial charge on any atom is 0.327 e. The van der Waals surface area contributed by atoms with Crippen LogP contribution < -0.4 is 5.32 Å². The van der Waals surface area contributed by atoms with E-state index >= 15 is 0 Å². The van der Waals surface area contributed by atoms with Gasteiger partial charge in [0.2, 0.25) is 0 Å². The number of esters is 1. The van der Waals surface area contributed by atoms with E-state index in [0.29, 0.717) is 0 Å². The van der Waals surface area contributed by atoms with Crippen LogP contribution in [0.15, 0.2) is 28.7 Å². The Bertz CT molecular complexity index is 402. The number of halogens is 1. The number of piperazine rings is 1. The van der Waals surface area contributed by atoms with E-state index in [1.165, 1.54) is 7.11 Å². The Morgan fingerprint density at radius 2 is 1.94 bits per heavy atom. The van der Waals surface area contributed by atoms with Crippen LogP contribution in [-0.4, -0.2) is 44.2 Å². The van der Waals surface area contributed by atoms with Crippen LogP contribution in [0.3, 0.4) is 0 Å². The summed E-state index contributed by atoms with van der Waals surface area (Å²) in [6.07, 6.45) is 0. The second-order valence-corrected chi connectivity index (χ2v) is 5.18. The molecule has 0 saturated carbocycles. The Morgan fingerprint density at radius 1 is 1.33 bits per heavy atom. The van der Waals surface area contributed by atoms with Gasteiger partial charge < -0.3 is 10.1 Å². The fraction of sp³-hybridized carbons (Fsp3) is 0.462. The van der Waals surface area contributed by atoms with E-state index in [2.05, 4.69) is 26.1 Å². The minimum Gasteiger partial charge on any atom is -0.468 e. The van der Waals surface area contributed by atoms with Crippen molar-refractivity contribution in [1.82, 2.24) is 10.2 Å². The van der Waals surface area contributed by atoms with E-state index in [4.69, 9.17) is 4.74 Å². The summed E-state index contributed by atoms with van der Waals surface area (Å²) in [6.45, 7) is 3.53. The lowest BCUT2D eigenvalue weighted by Gasteiger charge is -2.33. The van der Waals surface area contributed by atoms with Crippen LogP contribution in [0.5, 0.6) is 0 Å². The fourth-order valence-corrected chi connectivity index (χ4v) is 2.46. The lowest BCUT2D eigenvalue weighted by Crippen LogP contribution is -2.47. The standard InChI is InChI=1S/C13H17BrN2O2/c1-18-13(17)12(16-8-6-15-7-9-16)10-2-4-11(14)5-3-10/h2-5,12,15H,6-9H2,1H3. The van der Waals surface area contributed by atoms with Gasteiger partial charge in [0.05, 0.1) is 7.11 Å². The smallest absolute Gasteiger partial charge is 0.327 e. The molecular formula is C13H17BrN2O2. The number of benzene rings is 1. The predicted octanol–water partition coefficient (Wildman–Crippen LogP) is 1.57. The summed E-state index contributed by atoms with van der Waals surface area (Å²) in [6, 6.07) is 7.53. The Morgan fingerprint density at radius 3 is 2.50 bits per heavy atom. The third-order valence-corrected chi connectivity index (χ3v) is 3.66. The summed E-state index contributed by atoms with van der Waals surface area (Å²) >= 11 is 3.40. The molecule has 5 heteroatoms. The highest BCUT2D eigenvalue weighted by Gasteiger charge is 2.29. The van der Waals surface area contributed by atoms with Gasteiger partial charge in [0, 0.05) is 30.7 Å². The van der Waals surface area contributed by atoms with Crippen LogP contribution in [0.2, 0.25) is 0 Å². The lowest BCUT2D eigenvalue weighted by atomic mass is 10.0. The van der Waals surface area contributed by atoms with E-state index in [1.54, 1.807) is 0 Å². The zero-order valence-electron chi connectivity index (χ0n) is 10.4. The lowest BCUT2D eigenvalue weighted by molar-refractivity contribution is -0.147. The summed E-state index contributed by atoms with van der Waals surface area (Å²) in [4.78, 5) is 14.2. The number of nitrogens with one attached hydrogen (secondary N) is 1. The van der Waals surface area contributed by atoms with Crippen molar-refractivity contribution in [2.75, 3.05) is 33.3 Å². The Balaban J connectivity index is 2.23. The van der Waals surface area contributed by atoms with Gasteiger partial charge in [0.25, 0.3) is 0 Å². The van der Waals surface area contributed by atoms with Gasteiger partial charge in [-0.05, 0) is 17.7 Å². The number of hydrogen-bond acceptors (Lipinski definition) is 4. The molecule has 1 fully saturated rings. The third kappa shape index (κ3) is 3.10. The van der Waals surface area contributed by atoms with Gasteiger partial charge in [-0.25, -0.2) is 4.79 Å². The number of methoxy groups -OCH3 is 1. The quantitative estimate of drug-likeness (QED) is 0.860. The van der Waals surface area contributed by atoms with E-state index in [0.717, 1.165) is 36.2 Å². The number of carbonyl (C=O) groups excluding carboxylic acids is 1. The molecule has 1 unspecified atom stereocenters. The molecule has 1 aromatic carbocycles. The van der Waals surface area contributed by atoms with Crippen LogP contribution in [0.25, 0.3) is 0 Å². The number of hydrogen-bond donors (Lipinski definition) is 1. The first-order valence-corrected chi connectivity index (χ1v) is 6.79. The van der Waals surface area contributed by atoms with Crippen molar-refractivity contribution in [1.29, 1.82) is 0 Å². The molecule has 1 atom stereocenters. The largest absolute Gasteiger partial charge is 0.468 e. The van der Waals surface area contributed by atoms with E-state index < -0.39 is 0 Å². The van der Waals surface area contributed by atoms with Crippen molar-refractivity contribution in [2.45, 2.75) is 6.04 Å². The number of carbonyl (C=O) groups is 1. The molecule has 0 bridgehead atoms. The minimum atomic E-state index is -0.301. The molecule has 1 aliphatic rings. The molecule has 0 radical (unpaired) electrons. The van der Waals surface area contributed by atoms with Crippen LogP contribution in [0, 0.1) is 0 Å². The zero-order valence-corrected chi connectivity index (χ0v) is 11.9. The molecule has 18 heavy (non-hydrogen) atoms. The SMILES string of the molecule is COC(=O)C(c1ccc(Br)cc1)N1CCNCC1. The minimum absolute atomic E-state index is 0.195. The normalized spacial score (nSPS) is 18.3. The van der Waals surface area contributed by atoms with Gasteiger partial charge in [-0.1, -0.05) is 28.1 Å². The second-order valence-electron chi connectivity index (χ2n) is 4.26. The summed E-state index contributed by atoms with van der Waals surface area (Å²) in [5, 5.41) is 3.29. The molecule has 4 nitrogen and oxygen atoms in total. The maximum atomic E-state index is 12.0. The van der Waals surface area contributed by atoms with Gasteiger partial charge >= 0.3 is 5.97 Å². The van der Waals surface area contributed by atoms with Crippen molar-refractivity contribution in [3.63, 3.8) is 0 Å². The number of ether oxygens (including phenoxy) is 1. The van der Waals surface area contributed by atoms with Crippen LogP contribution in [-0.2, 0) is 9.53 Å².